The lowest BCUT2D eigenvalue weighted by atomic mass is 10.1. The van der Waals surface area contributed by atoms with Gasteiger partial charge in [-0.1, -0.05) is 6.07 Å². The number of nitrogens with one attached hydrogen (secondary N) is 1. The van der Waals surface area contributed by atoms with E-state index in [2.05, 4.69) is 10.2 Å². The molecule has 1 aromatic rings. The highest BCUT2D eigenvalue weighted by molar-refractivity contribution is 7.89. The highest BCUT2D eigenvalue weighted by Gasteiger charge is 2.30. The van der Waals surface area contributed by atoms with Crippen LogP contribution in [0.25, 0.3) is 0 Å². The number of carbonyl (C=O) groups is 2. The molecule has 1 aromatic carbocycles. The van der Waals surface area contributed by atoms with Crippen molar-refractivity contribution in [2.45, 2.75) is 30.6 Å². The first kappa shape index (κ1) is 19.4. The molecule has 3 amide bonds. The van der Waals surface area contributed by atoms with Crippen molar-refractivity contribution in [3.8, 4) is 0 Å². The van der Waals surface area contributed by atoms with Gasteiger partial charge in [0.1, 0.15) is 0 Å². The Bertz CT molecular complexity index is 862. The molecule has 2 heterocycles. The second-order valence-corrected chi connectivity index (χ2v) is 9.53. The van der Waals surface area contributed by atoms with E-state index in [1.807, 2.05) is 12.1 Å². The van der Waals surface area contributed by atoms with Gasteiger partial charge in [0.2, 0.25) is 15.9 Å². The summed E-state index contributed by atoms with van der Waals surface area (Å²) in [6, 6.07) is 5.23. The fourth-order valence-corrected chi connectivity index (χ4v) is 5.66. The standard InChI is InChI=1S/C19H26N4O4S/c24-18-14-20-19(25)23(18)8-2-7-21-9-11-22(12-10-21)28(26,27)17-6-5-15-3-1-4-16(15)13-17/h5-6,13H,1-4,7-12,14H2,(H,20,25). The molecule has 2 fully saturated rings. The summed E-state index contributed by atoms with van der Waals surface area (Å²) in [5.74, 6) is -0.185. The largest absolute Gasteiger partial charge is 0.329 e. The Morgan fingerprint density at radius 1 is 0.964 bits per heavy atom. The molecule has 28 heavy (non-hydrogen) atoms. The van der Waals surface area contributed by atoms with Crippen LogP contribution < -0.4 is 5.32 Å². The fraction of sp³-hybridized carbons (Fsp3) is 0.579. The summed E-state index contributed by atoms with van der Waals surface area (Å²) < 4.78 is 27.5. The molecule has 0 radical (unpaired) electrons. The SMILES string of the molecule is O=C1CNC(=O)N1CCCN1CCN(S(=O)(=O)c2ccc3c(c2)CCC3)CC1. The van der Waals surface area contributed by atoms with Crippen LogP contribution in [0.1, 0.15) is 24.0 Å². The van der Waals surface area contributed by atoms with Crippen LogP contribution in [0.5, 0.6) is 0 Å². The third-order valence-corrected chi connectivity index (χ3v) is 7.73. The van der Waals surface area contributed by atoms with E-state index in [1.165, 1.54) is 16.0 Å². The summed E-state index contributed by atoms with van der Waals surface area (Å²) in [6.07, 6.45) is 3.79. The molecule has 0 bridgehead atoms. The van der Waals surface area contributed by atoms with Crippen LogP contribution in [0.3, 0.4) is 0 Å². The molecule has 0 aromatic heterocycles. The molecule has 0 spiro atoms. The van der Waals surface area contributed by atoms with Gasteiger partial charge < -0.3 is 10.2 Å². The molecule has 4 rings (SSSR count). The quantitative estimate of drug-likeness (QED) is 0.692. The van der Waals surface area contributed by atoms with Crippen molar-refractivity contribution < 1.29 is 18.0 Å². The monoisotopic (exact) mass is 406 g/mol. The van der Waals surface area contributed by atoms with E-state index in [1.54, 1.807) is 10.4 Å². The number of piperazine rings is 1. The predicted octanol–water partition coefficient (Wildman–Crippen LogP) is 0.424. The molecule has 0 atom stereocenters. The minimum atomic E-state index is -3.45. The van der Waals surface area contributed by atoms with E-state index in [0.717, 1.165) is 25.8 Å². The van der Waals surface area contributed by atoms with Crippen LogP contribution in [0.15, 0.2) is 23.1 Å². The first-order chi connectivity index (χ1) is 13.4. The summed E-state index contributed by atoms with van der Waals surface area (Å²) in [5, 5.41) is 2.51. The van der Waals surface area contributed by atoms with Gasteiger partial charge in [-0.3, -0.25) is 9.69 Å². The van der Waals surface area contributed by atoms with E-state index in [4.69, 9.17) is 0 Å². The topological polar surface area (TPSA) is 90.0 Å². The lowest BCUT2D eigenvalue weighted by molar-refractivity contribution is -0.125. The number of amides is 3. The van der Waals surface area contributed by atoms with Crippen molar-refractivity contribution >= 4 is 22.0 Å². The molecule has 1 N–H and O–H groups in total. The molecule has 8 nitrogen and oxygen atoms in total. The summed E-state index contributed by atoms with van der Waals surface area (Å²) in [5.41, 5.74) is 2.44. The number of nitrogens with zero attached hydrogens (tertiary/aromatic N) is 3. The minimum absolute atomic E-state index is 0.0814. The average Bonchev–Trinajstić information content (AvgIpc) is 3.29. The van der Waals surface area contributed by atoms with E-state index < -0.39 is 10.0 Å². The van der Waals surface area contributed by atoms with E-state index in [9.17, 15) is 18.0 Å². The normalized spacial score (nSPS) is 21.2. The molecule has 152 valence electrons. The Morgan fingerprint density at radius 2 is 1.71 bits per heavy atom. The fourth-order valence-electron chi connectivity index (χ4n) is 4.19. The van der Waals surface area contributed by atoms with Crippen LogP contribution in [0.4, 0.5) is 4.79 Å². The van der Waals surface area contributed by atoms with Crippen LogP contribution in [0, 0.1) is 0 Å². The molecule has 0 unspecified atom stereocenters. The second-order valence-electron chi connectivity index (χ2n) is 7.59. The van der Waals surface area contributed by atoms with Crippen molar-refractivity contribution in [2.75, 3.05) is 45.8 Å². The van der Waals surface area contributed by atoms with E-state index >= 15 is 0 Å². The van der Waals surface area contributed by atoms with Gasteiger partial charge in [-0.25, -0.2) is 13.2 Å². The van der Waals surface area contributed by atoms with Gasteiger partial charge in [0.05, 0.1) is 11.4 Å². The summed E-state index contributed by atoms with van der Waals surface area (Å²) in [4.78, 5) is 26.9. The van der Waals surface area contributed by atoms with Crippen molar-refractivity contribution in [3.63, 3.8) is 0 Å². The summed E-state index contributed by atoms with van der Waals surface area (Å²) in [7, 11) is -3.45. The second kappa shape index (κ2) is 7.81. The third-order valence-electron chi connectivity index (χ3n) is 5.83. The van der Waals surface area contributed by atoms with Crippen molar-refractivity contribution in [1.29, 1.82) is 0 Å². The number of sulfonamides is 1. The number of fused-ring (bicyclic) bond motifs is 1. The molecule has 9 heteroatoms. The number of urea groups is 1. The van der Waals surface area contributed by atoms with Crippen molar-refractivity contribution in [1.82, 2.24) is 19.4 Å². The summed E-state index contributed by atoms with van der Waals surface area (Å²) >= 11 is 0. The maximum Gasteiger partial charge on any atom is 0.324 e. The molecular formula is C19H26N4O4S. The number of hydrogen-bond acceptors (Lipinski definition) is 5. The highest BCUT2D eigenvalue weighted by Crippen LogP contribution is 2.26. The maximum atomic E-state index is 13.0. The zero-order valence-electron chi connectivity index (χ0n) is 15.9. The van der Waals surface area contributed by atoms with Crippen LogP contribution in [-0.4, -0.2) is 80.3 Å². The van der Waals surface area contributed by atoms with Crippen LogP contribution in [0.2, 0.25) is 0 Å². The average molecular weight is 407 g/mol. The number of carbonyl (C=O) groups excluding carboxylic acids is 2. The van der Waals surface area contributed by atoms with Gasteiger partial charge in [-0.15, -0.1) is 0 Å². The molecule has 2 aliphatic heterocycles. The van der Waals surface area contributed by atoms with Gasteiger partial charge in [0, 0.05) is 32.7 Å². The lowest BCUT2D eigenvalue weighted by Crippen LogP contribution is -2.49. The zero-order valence-corrected chi connectivity index (χ0v) is 16.7. The Labute approximate surface area is 165 Å². The number of hydrogen-bond donors (Lipinski definition) is 1. The highest BCUT2D eigenvalue weighted by atomic mass is 32.2. The smallest absolute Gasteiger partial charge is 0.324 e. The first-order valence-electron chi connectivity index (χ1n) is 9.88. The number of benzene rings is 1. The maximum absolute atomic E-state index is 13.0. The Hall–Kier alpha value is -1.97. The van der Waals surface area contributed by atoms with Gasteiger partial charge in [0.25, 0.3) is 0 Å². The van der Waals surface area contributed by atoms with Gasteiger partial charge in [-0.05, 0) is 55.5 Å². The Morgan fingerprint density at radius 3 is 2.43 bits per heavy atom. The van der Waals surface area contributed by atoms with Crippen molar-refractivity contribution in [3.05, 3.63) is 29.3 Å². The third kappa shape index (κ3) is 3.78. The molecule has 3 aliphatic rings. The van der Waals surface area contributed by atoms with Crippen LogP contribution >= 0.6 is 0 Å². The van der Waals surface area contributed by atoms with Gasteiger partial charge in [0.15, 0.2) is 0 Å². The predicted molar refractivity (Wildman–Crippen MR) is 103 cm³/mol. The number of rotatable bonds is 6. The minimum Gasteiger partial charge on any atom is -0.329 e. The van der Waals surface area contributed by atoms with E-state index in [-0.39, 0.29) is 18.5 Å². The Kier molecular flexibility index (Phi) is 5.39. The van der Waals surface area contributed by atoms with Crippen LogP contribution in [-0.2, 0) is 27.7 Å². The van der Waals surface area contributed by atoms with Crippen molar-refractivity contribution in [2.24, 2.45) is 0 Å². The number of imide groups is 1. The molecular weight excluding hydrogens is 380 g/mol. The Balaban J connectivity index is 1.29. The zero-order chi connectivity index (χ0) is 19.7. The lowest BCUT2D eigenvalue weighted by Gasteiger charge is -2.34. The molecule has 0 saturated carbocycles. The van der Waals surface area contributed by atoms with E-state index in [0.29, 0.717) is 44.0 Å². The summed E-state index contributed by atoms with van der Waals surface area (Å²) in [6.45, 7) is 3.46. The molecule has 2 saturated heterocycles. The number of aryl methyl sites for hydroxylation is 2. The first-order valence-corrected chi connectivity index (χ1v) is 11.3. The van der Waals surface area contributed by atoms with Gasteiger partial charge >= 0.3 is 6.03 Å². The molecule has 1 aliphatic carbocycles. The van der Waals surface area contributed by atoms with Gasteiger partial charge in [-0.2, -0.15) is 4.31 Å².